The minimum absolute atomic E-state index is 0.00143. The highest BCUT2D eigenvalue weighted by molar-refractivity contribution is 7.99. The summed E-state index contributed by atoms with van der Waals surface area (Å²) in [6, 6.07) is 8.00. The van der Waals surface area contributed by atoms with Crippen LogP contribution in [-0.2, 0) is 24.2 Å². The van der Waals surface area contributed by atoms with E-state index in [1.807, 2.05) is 24.3 Å². The SMILES string of the molecule is CCOC(=O)[C@@](C)(CC1CC(c2ccc(SCC)cc2)=NO1)S(C)(=O)=O. The first-order valence-corrected chi connectivity index (χ1v) is 11.4. The highest BCUT2D eigenvalue weighted by atomic mass is 32.2. The molecule has 2 rings (SSSR count). The average Bonchev–Trinajstić information content (AvgIpc) is 3.03. The molecular weight excluding hydrogens is 374 g/mol. The lowest BCUT2D eigenvalue weighted by atomic mass is 9.97. The highest BCUT2D eigenvalue weighted by Crippen LogP contribution is 2.30. The molecule has 6 nitrogen and oxygen atoms in total. The second-order valence-electron chi connectivity index (χ2n) is 6.35. The summed E-state index contributed by atoms with van der Waals surface area (Å²) in [6.45, 7) is 5.26. The molecule has 8 heteroatoms. The lowest BCUT2D eigenvalue weighted by Crippen LogP contribution is -2.47. The van der Waals surface area contributed by atoms with Crippen molar-refractivity contribution in [1.29, 1.82) is 0 Å². The second kappa shape index (κ2) is 8.43. The fourth-order valence-electron chi connectivity index (χ4n) is 2.72. The molecule has 2 atom stereocenters. The number of hydrogen-bond donors (Lipinski definition) is 0. The standard InChI is InChI=1S/C18H25NO5S2/c1-5-23-17(20)18(3,26(4,21)22)12-14-11-16(19-24-14)13-7-9-15(10-8-13)25-6-2/h7-10,14H,5-6,11-12H2,1-4H3/t14?,18-/m1/s1. The van der Waals surface area contributed by atoms with E-state index in [1.165, 1.54) is 11.8 Å². The third kappa shape index (κ3) is 4.59. The lowest BCUT2D eigenvalue weighted by molar-refractivity contribution is -0.146. The molecule has 0 N–H and O–H groups in total. The van der Waals surface area contributed by atoms with Crippen LogP contribution in [0.25, 0.3) is 0 Å². The van der Waals surface area contributed by atoms with Gasteiger partial charge in [0.15, 0.2) is 14.6 Å². The van der Waals surface area contributed by atoms with Gasteiger partial charge in [0.25, 0.3) is 0 Å². The third-order valence-electron chi connectivity index (χ3n) is 4.37. The Labute approximate surface area is 159 Å². The quantitative estimate of drug-likeness (QED) is 0.494. The van der Waals surface area contributed by atoms with Gasteiger partial charge in [0, 0.05) is 24.0 Å². The number of benzene rings is 1. The maximum atomic E-state index is 12.3. The molecule has 1 heterocycles. The summed E-state index contributed by atoms with van der Waals surface area (Å²) < 4.78 is 27.7. The molecular formula is C18H25NO5S2. The Hall–Kier alpha value is -1.54. The number of thioether (sulfide) groups is 1. The highest BCUT2D eigenvalue weighted by Gasteiger charge is 2.48. The van der Waals surface area contributed by atoms with E-state index in [-0.39, 0.29) is 13.0 Å². The number of hydrogen-bond acceptors (Lipinski definition) is 7. The number of nitrogens with zero attached hydrogens (tertiary/aromatic N) is 1. The molecule has 0 amide bonds. The van der Waals surface area contributed by atoms with Crippen LogP contribution in [0.5, 0.6) is 0 Å². The zero-order valence-electron chi connectivity index (χ0n) is 15.5. The molecule has 1 aromatic carbocycles. The molecule has 1 aliphatic heterocycles. The zero-order chi connectivity index (χ0) is 19.4. The Morgan fingerprint density at radius 2 is 2.00 bits per heavy atom. The molecule has 0 aliphatic carbocycles. The first kappa shape index (κ1) is 20.8. The van der Waals surface area contributed by atoms with Gasteiger partial charge in [0.2, 0.25) is 0 Å². The van der Waals surface area contributed by atoms with Crippen LogP contribution in [0, 0.1) is 0 Å². The van der Waals surface area contributed by atoms with Crippen LogP contribution in [0.15, 0.2) is 34.3 Å². The molecule has 0 fully saturated rings. The summed E-state index contributed by atoms with van der Waals surface area (Å²) >= 11 is 1.76. The molecule has 144 valence electrons. The summed E-state index contributed by atoms with van der Waals surface area (Å²) in [7, 11) is -3.68. The summed E-state index contributed by atoms with van der Waals surface area (Å²) in [4.78, 5) is 18.9. The van der Waals surface area contributed by atoms with E-state index >= 15 is 0 Å². The molecule has 1 unspecified atom stereocenters. The topological polar surface area (TPSA) is 82.0 Å². The first-order valence-electron chi connectivity index (χ1n) is 8.54. The van der Waals surface area contributed by atoms with Crippen LogP contribution >= 0.6 is 11.8 Å². The van der Waals surface area contributed by atoms with Gasteiger partial charge >= 0.3 is 5.97 Å². The van der Waals surface area contributed by atoms with E-state index < -0.39 is 26.7 Å². The van der Waals surface area contributed by atoms with E-state index in [2.05, 4.69) is 12.1 Å². The first-order chi connectivity index (χ1) is 12.2. The van der Waals surface area contributed by atoms with Crippen LogP contribution in [-0.4, -0.2) is 49.6 Å². The zero-order valence-corrected chi connectivity index (χ0v) is 17.2. The van der Waals surface area contributed by atoms with Crippen molar-refractivity contribution in [3.05, 3.63) is 29.8 Å². The van der Waals surface area contributed by atoms with E-state index in [9.17, 15) is 13.2 Å². The van der Waals surface area contributed by atoms with E-state index in [0.29, 0.717) is 6.42 Å². The number of sulfone groups is 1. The third-order valence-corrected chi connectivity index (χ3v) is 7.24. The Bertz CT molecular complexity index is 773. The average molecular weight is 400 g/mol. The number of carbonyl (C=O) groups is 1. The molecule has 26 heavy (non-hydrogen) atoms. The van der Waals surface area contributed by atoms with Gasteiger partial charge in [-0.25, -0.2) is 8.42 Å². The van der Waals surface area contributed by atoms with Crippen molar-refractivity contribution in [2.75, 3.05) is 18.6 Å². The minimum atomic E-state index is -3.68. The predicted molar refractivity (Wildman–Crippen MR) is 103 cm³/mol. The molecule has 0 bridgehead atoms. The summed E-state index contributed by atoms with van der Waals surface area (Å²) in [5.74, 6) is 0.254. The van der Waals surface area contributed by atoms with Crippen molar-refractivity contribution in [3.8, 4) is 0 Å². The van der Waals surface area contributed by atoms with E-state index in [0.717, 1.165) is 23.3 Å². The molecule has 1 aromatic rings. The Kier molecular flexibility index (Phi) is 6.74. The monoisotopic (exact) mass is 399 g/mol. The van der Waals surface area contributed by atoms with Crippen molar-refractivity contribution in [2.24, 2.45) is 5.16 Å². The van der Waals surface area contributed by atoms with Crippen LogP contribution in [0.4, 0.5) is 0 Å². The van der Waals surface area contributed by atoms with Gasteiger partial charge < -0.3 is 9.57 Å². The normalized spacial score (nSPS) is 19.4. The maximum Gasteiger partial charge on any atom is 0.327 e. The lowest BCUT2D eigenvalue weighted by Gasteiger charge is -2.27. The van der Waals surface area contributed by atoms with Crippen LogP contribution in [0.3, 0.4) is 0 Å². The molecule has 1 aliphatic rings. The van der Waals surface area contributed by atoms with Crippen LogP contribution in [0.2, 0.25) is 0 Å². The van der Waals surface area contributed by atoms with Crippen molar-refractivity contribution in [2.45, 2.75) is 49.4 Å². The fourth-order valence-corrected chi connectivity index (χ4v) is 4.24. The van der Waals surface area contributed by atoms with Gasteiger partial charge in [-0.2, -0.15) is 0 Å². The summed E-state index contributed by atoms with van der Waals surface area (Å²) in [5.41, 5.74) is 1.69. The molecule has 0 saturated carbocycles. The van der Waals surface area contributed by atoms with Gasteiger partial charge in [-0.3, -0.25) is 4.79 Å². The smallest absolute Gasteiger partial charge is 0.327 e. The Morgan fingerprint density at radius 1 is 1.35 bits per heavy atom. The molecule has 0 radical (unpaired) electrons. The number of rotatable bonds is 8. The van der Waals surface area contributed by atoms with Gasteiger partial charge in [0.05, 0.1) is 12.3 Å². The Balaban J connectivity index is 2.09. The van der Waals surface area contributed by atoms with Gasteiger partial charge in [-0.15, -0.1) is 11.8 Å². The predicted octanol–water partition coefficient (Wildman–Crippen LogP) is 3.05. The van der Waals surface area contributed by atoms with Crippen LogP contribution in [0.1, 0.15) is 39.2 Å². The van der Waals surface area contributed by atoms with E-state index in [4.69, 9.17) is 9.57 Å². The molecule has 0 saturated heterocycles. The van der Waals surface area contributed by atoms with Crippen molar-refractivity contribution in [1.82, 2.24) is 0 Å². The number of carbonyl (C=O) groups excluding carboxylic acids is 1. The maximum absolute atomic E-state index is 12.3. The second-order valence-corrected chi connectivity index (χ2v) is 10.1. The van der Waals surface area contributed by atoms with Gasteiger partial charge in [-0.1, -0.05) is 24.2 Å². The molecule has 0 aromatic heterocycles. The summed E-state index contributed by atoms with van der Waals surface area (Å²) in [6.07, 6.45) is 1.01. The Morgan fingerprint density at radius 3 is 2.54 bits per heavy atom. The largest absolute Gasteiger partial charge is 0.465 e. The van der Waals surface area contributed by atoms with Crippen molar-refractivity contribution < 1.29 is 22.8 Å². The minimum Gasteiger partial charge on any atom is -0.465 e. The summed E-state index contributed by atoms with van der Waals surface area (Å²) in [5, 5.41) is 4.10. The van der Waals surface area contributed by atoms with E-state index in [1.54, 1.807) is 18.7 Å². The number of esters is 1. The van der Waals surface area contributed by atoms with Gasteiger partial charge in [-0.05, 0) is 37.3 Å². The number of oxime groups is 1. The number of ether oxygens (including phenoxy) is 1. The fraction of sp³-hybridized carbons (Fsp3) is 0.556. The van der Waals surface area contributed by atoms with Crippen molar-refractivity contribution >= 4 is 33.3 Å². The molecule has 0 spiro atoms. The van der Waals surface area contributed by atoms with Gasteiger partial charge in [0.1, 0.15) is 6.10 Å². The van der Waals surface area contributed by atoms with Crippen LogP contribution < -0.4 is 0 Å². The van der Waals surface area contributed by atoms with Crippen molar-refractivity contribution in [3.63, 3.8) is 0 Å².